The molecule has 0 aliphatic rings. The van der Waals surface area contributed by atoms with E-state index in [1.165, 1.54) is 12.1 Å². The number of aromatic amines is 4. The number of nitrogens with zero attached hydrogens (tertiary/aromatic N) is 2. The lowest BCUT2D eigenvalue weighted by atomic mass is 10.0. The Morgan fingerprint density at radius 1 is 0.653 bits per heavy atom. The standard InChI is InChI=1S/C37H27FN8O3/c1-49-23-10-6-20(7-11-23)29-16-32(45-43-29)36(47)42-35-19-40-30-15-22(9-13-26(30)35)21-8-12-24(27(38)14-21)31-17-33(46-44-31)37(48)41-34-18-39-28-5-3-2-4-25(28)34/h2-19,39-40H,1H3,(H,41,48)(H,42,47)(H,43,45)(H,44,46). The van der Waals surface area contributed by atoms with Crippen LogP contribution in [0.2, 0.25) is 0 Å². The second-order valence-electron chi connectivity index (χ2n) is 11.4. The molecule has 4 aromatic carbocycles. The lowest BCUT2D eigenvalue weighted by Gasteiger charge is -2.06. The number of amides is 2. The third kappa shape index (κ3) is 5.57. The Hall–Kier alpha value is -6.95. The third-order valence-corrected chi connectivity index (χ3v) is 8.38. The molecule has 0 aliphatic carbocycles. The molecule has 8 aromatic rings. The maximum atomic E-state index is 15.5. The molecule has 4 aromatic heterocycles. The van der Waals surface area contributed by atoms with E-state index in [-0.39, 0.29) is 22.9 Å². The fourth-order valence-electron chi connectivity index (χ4n) is 5.80. The molecule has 4 heterocycles. The zero-order valence-electron chi connectivity index (χ0n) is 25.9. The summed E-state index contributed by atoms with van der Waals surface area (Å²) in [6.45, 7) is 0. The van der Waals surface area contributed by atoms with Crippen LogP contribution in [0.4, 0.5) is 15.8 Å². The highest BCUT2D eigenvalue weighted by Gasteiger charge is 2.18. The minimum atomic E-state index is -0.475. The van der Waals surface area contributed by atoms with E-state index in [0.717, 1.165) is 38.7 Å². The fourth-order valence-corrected chi connectivity index (χ4v) is 5.80. The number of carbonyl (C=O) groups is 2. The first-order valence-electron chi connectivity index (χ1n) is 15.3. The highest BCUT2D eigenvalue weighted by atomic mass is 19.1. The van der Waals surface area contributed by atoms with Crippen LogP contribution in [0.3, 0.4) is 0 Å². The first-order valence-corrected chi connectivity index (χ1v) is 15.3. The maximum absolute atomic E-state index is 15.5. The van der Waals surface area contributed by atoms with Crippen molar-refractivity contribution in [3.63, 3.8) is 0 Å². The van der Waals surface area contributed by atoms with Crippen molar-refractivity contribution in [3.05, 3.63) is 127 Å². The largest absolute Gasteiger partial charge is 0.497 e. The third-order valence-electron chi connectivity index (χ3n) is 8.38. The van der Waals surface area contributed by atoms with E-state index < -0.39 is 11.7 Å². The predicted octanol–water partition coefficient (Wildman–Crippen LogP) is 7.75. The van der Waals surface area contributed by atoms with Crippen molar-refractivity contribution in [2.24, 2.45) is 0 Å². The molecular weight excluding hydrogens is 623 g/mol. The Morgan fingerprint density at radius 2 is 1.24 bits per heavy atom. The van der Waals surface area contributed by atoms with Crippen LogP contribution in [0, 0.1) is 5.82 Å². The van der Waals surface area contributed by atoms with Crippen LogP contribution in [-0.2, 0) is 0 Å². The number of nitrogens with one attached hydrogen (secondary N) is 6. The molecular formula is C37H27FN8O3. The smallest absolute Gasteiger partial charge is 0.276 e. The molecule has 6 N–H and O–H groups in total. The Morgan fingerprint density at radius 3 is 1.96 bits per heavy atom. The average molecular weight is 651 g/mol. The number of halogens is 1. The first-order chi connectivity index (χ1) is 23.9. The molecule has 8 rings (SSSR count). The molecule has 0 radical (unpaired) electrons. The fraction of sp³-hybridized carbons (Fsp3) is 0.0270. The summed E-state index contributed by atoms with van der Waals surface area (Å²) in [6, 6.07) is 28.8. The summed E-state index contributed by atoms with van der Waals surface area (Å²) < 4.78 is 20.7. The van der Waals surface area contributed by atoms with Gasteiger partial charge in [-0.15, -0.1) is 0 Å². The molecule has 0 fully saturated rings. The van der Waals surface area contributed by atoms with Gasteiger partial charge in [0.15, 0.2) is 11.4 Å². The molecule has 0 spiro atoms. The van der Waals surface area contributed by atoms with Gasteiger partial charge in [-0.25, -0.2) is 4.39 Å². The van der Waals surface area contributed by atoms with Crippen molar-refractivity contribution in [2.75, 3.05) is 17.7 Å². The van der Waals surface area contributed by atoms with Gasteiger partial charge in [0.25, 0.3) is 11.8 Å². The number of aromatic nitrogens is 6. The number of methoxy groups -OCH3 is 1. The summed E-state index contributed by atoms with van der Waals surface area (Å²) in [7, 11) is 1.60. The zero-order chi connectivity index (χ0) is 33.5. The van der Waals surface area contributed by atoms with E-state index >= 15 is 4.39 Å². The number of para-hydroxylation sites is 1. The minimum absolute atomic E-state index is 0.133. The molecule has 12 heteroatoms. The van der Waals surface area contributed by atoms with Gasteiger partial charge in [0.1, 0.15) is 11.6 Å². The average Bonchev–Trinajstić information content (AvgIpc) is 3.95. The summed E-state index contributed by atoms with van der Waals surface area (Å²) in [6.07, 6.45) is 3.42. The number of benzene rings is 4. The number of fused-ring (bicyclic) bond motifs is 2. The number of H-pyrrole nitrogens is 4. The quantitative estimate of drug-likeness (QED) is 0.0992. The van der Waals surface area contributed by atoms with Gasteiger partial charge >= 0.3 is 0 Å². The monoisotopic (exact) mass is 650 g/mol. The second kappa shape index (κ2) is 12.0. The van der Waals surface area contributed by atoms with E-state index in [4.69, 9.17) is 4.74 Å². The highest BCUT2D eigenvalue weighted by molar-refractivity contribution is 6.09. The molecule has 2 amide bonds. The lowest BCUT2D eigenvalue weighted by Crippen LogP contribution is -2.11. The van der Waals surface area contributed by atoms with Gasteiger partial charge in [-0.2, -0.15) is 10.2 Å². The zero-order valence-corrected chi connectivity index (χ0v) is 25.9. The van der Waals surface area contributed by atoms with E-state index in [1.54, 1.807) is 37.7 Å². The Balaban J connectivity index is 0.962. The van der Waals surface area contributed by atoms with Crippen molar-refractivity contribution < 1.29 is 18.7 Å². The molecule has 0 saturated heterocycles. The molecule has 11 nitrogen and oxygen atoms in total. The first kappa shape index (κ1) is 29.5. The van der Waals surface area contributed by atoms with Crippen molar-refractivity contribution in [1.82, 2.24) is 30.4 Å². The summed E-state index contributed by atoms with van der Waals surface area (Å²) in [4.78, 5) is 32.2. The minimum Gasteiger partial charge on any atom is -0.497 e. The SMILES string of the molecule is COc1ccc(-c2cc(C(=O)Nc3c[nH]c4cc(-c5ccc(-c6cc(C(=O)Nc7c[nH]c8ccccc78)n[nH]6)c(F)c5)ccc34)n[nH]2)cc1. The van der Waals surface area contributed by atoms with Crippen LogP contribution in [-0.4, -0.2) is 49.3 Å². The van der Waals surface area contributed by atoms with E-state index in [0.29, 0.717) is 28.3 Å². The van der Waals surface area contributed by atoms with Gasteiger partial charge in [-0.1, -0.05) is 36.4 Å². The number of hydrogen-bond acceptors (Lipinski definition) is 5. The van der Waals surface area contributed by atoms with Crippen molar-refractivity contribution in [2.45, 2.75) is 0 Å². The normalized spacial score (nSPS) is 11.2. The Labute approximate surface area is 277 Å². The van der Waals surface area contributed by atoms with Crippen LogP contribution in [0.5, 0.6) is 5.75 Å². The van der Waals surface area contributed by atoms with Crippen molar-refractivity contribution in [3.8, 4) is 39.4 Å². The van der Waals surface area contributed by atoms with Crippen LogP contribution in [0.1, 0.15) is 21.0 Å². The van der Waals surface area contributed by atoms with Gasteiger partial charge in [-0.05, 0) is 77.4 Å². The number of rotatable bonds is 8. The molecule has 240 valence electrons. The van der Waals surface area contributed by atoms with Gasteiger partial charge in [0.2, 0.25) is 0 Å². The van der Waals surface area contributed by atoms with Gasteiger partial charge < -0.3 is 25.3 Å². The van der Waals surface area contributed by atoms with Gasteiger partial charge in [0, 0.05) is 39.8 Å². The van der Waals surface area contributed by atoms with Gasteiger partial charge in [0.05, 0.1) is 29.9 Å². The maximum Gasteiger partial charge on any atom is 0.276 e. The van der Waals surface area contributed by atoms with Crippen LogP contribution in [0.15, 0.2) is 109 Å². The summed E-state index contributed by atoms with van der Waals surface area (Å²) in [5, 5.41) is 21.4. The van der Waals surface area contributed by atoms with Gasteiger partial charge in [-0.3, -0.25) is 19.8 Å². The van der Waals surface area contributed by atoms with E-state index in [9.17, 15) is 9.59 Å². The molecule has 49 heavy (non-hydrogen) atoms. The Bertz CT molecular complexity index is 2510. The highest BCUT2D eigenvalue weighted by Crippen LogP contribution is 2.32. The second-order valence-corrected chi connectivity index (χ2v) is 11.4. The molecule has 0 aliphatic heterocycles. The number of hydrogen-bond donors (Lipinski definition) is 6. The van der Waals surface area contributed by atoms with E-state index in [1.807, 2.05) is 66.7 Å². The van der Waals surface area contributed by atoms with Crippen molar-refractivity contribution in [1.29, 1.82) is 0 Å². The van der Waals surface area contributed by atoms with E-state index in [2.05, 4.69) is 41.0 Å². The van der Waals surface area contributed by atoms with Crippen LogP contribution in [0.25, 0.3) is 55.4 Å². The molecule has 0 bridgehead atoms. The predicted molar refractivity (Wildman–Crippen MR) is 186 cm³/mol. The topological polar surface area (TPSA) is 156 Å². The lowest BCUT2D eigenvalue weighted by molar-refractivity contribution is 0.101. The summed E-state index contributed by atoms with van der Waals surface area (Å²) in [5.41, 5.74) is 6.92. The van der Waals surface area contributed by atoms with Crippen molar-refractivity contribution >= 4 is 45.0 Å². The molecule has 0 atom stereocenters. The number of carbonyl (C=O) groups excluding carboxylic acids is 2. The number of ether oxygens (including phenoxy) is 1. The Kier molecular flexibility index (Phi) is 7.22. The number of anilines is 2. The van der Waals surface area contributed by atoms with Crippen LogP contribution >= 0.6 is 0 Å². The molecule has 0 unspecified atom stereocenters. The molecule has 0 saturated carbocycles. The summed E-state index contributed by atoms with van der Waals surface area (Å²) in [5.74, 6) is -0.519. The summed E-state index contributed by atoms with van der Waals surface area (Å²) >= 11 is 0. The van der Waals surface area contributed by atoms with Crippen LogP contribution < -0.4 is 15.4 Å².